The maximum Gasteiger partial charge on any atom is 0.416 e. The van der Waals surface area contributed by atoms with Gasteiger partial charge in [0.25, 0.3) is 10.0 Å². The number of nitrogens with zero attached hydrogens (tertiary/aromatic N) is 1. The predicted molar refractivity (Wildman–Crippen MR) is 128 cm³/mol. The quantitative estimate of drug-likeness (QED) is 0.446. The van der Waals surface area contributed by atoms with Crippen LogP contribution in [0.5, 0.6) is 0 Å². The van der Waals surface area contributed by atoms with Crippen LogP contribution >= 0.6 is 0 Å². The minimum Gasteiger partial charge on any atom is -0.465 e. The van der Waals surface area contributed by atoms with Crippen LogP contribution in [0.4, 0.5) is 24.5 Å². The molecule has 0 radical (unpaired) electrons. The Morgan fingerprint density at radius 3 is 2.25 bits per heavy atom. The lowest BCUT2D eigenvalue weighted by atomic mass is 10.1. The molecule has 0 bridgehead atoms. The number of methoxy groups -OCH3 is 1. The Bertz CT molecular complexity index is 1390. The summed E-state index contributed by atoms with van der Waals surface area (Å²) >= 11 is 0. The summed E-state index contributed by atoms with van der Waals surface area (Å²) in [6, 6.07) is 13.8. The van der Waals surface area contributed by atoms with E-state index in [9.17, 15) is 31.2 Å². The van der Waals surface area contributed by atoms with Crippen molar-refractivity contribution in [3.05, 3.63) is 89.0 Å². The van der Waals surface area contributed by atoms with Gasteiger partial charge in [-0.05, 0) is 61.9 Å². The van der Waals surface area contributed by atoms with Crippen LogP contribution in [-0.2, 0) is 25.7 Å². The molecule has 1 amide bonds. The number of hydrogen-bond acceptors (Lipinski definition) is 5. The van der Waals surface area contributed by atoms with E-state index in [0.29, 0.717) is 15.9 Å². The minimum atomic E-state index is -4.72. The molecular formula is C25H23F3N2O5S. The first-order valence-corrected chi connectivity index (χ1v) is 12.0. The van der Waals surface area contributed by atoms with Crippen molar-refractivity contribution in [2.75, 3.05) is 23.3 Å². The number of halogens is 3. The number of rotatable bonds is 7. The van der Waals surface area contributed by atoms with Crippen molar-refractivity contribution in [1.29, 1.82) is 0 Å². The number of hydrogen-bond donors (Lipinski definition) is 1. The molecule has 0 fully saturated rings. The second-order valence-corrected chi connectivity index (χ2v) is 9.80. The van der Waals surface area contributed by atoms with Gasteiger partial charge in [0.2, 0.25) is 5.91 Å². The van der Waals surface area contributed by atoms with Gasteiger partial charge in [0.15, 0.2) is 0 Å². The molecule has 0 atom stereocenters. The van der Waals surface area contributed by atoms with E-state index in [1.807, 2.05) is 0 Å². The number of ether oxygens (including phenoxy) is 1. The highest BCUT2D eigenvalue weighted by Crippen LogP contribution is 2.33. The molecule has 3 aromatic rings. The first-order chi connectivity index (χ1) is 16.8. The highest BCUT2D eigenvalue weighted by molar-refractivity contribution is 7.92. The van der Waals surface area contributed by atoms with Gasteiger partial charge in [-0.15, -0.1) is 0 Å². The Kier molecular flexibility index (Phi) is 7.73. The lowest BCUT2D eigenvalue weighted by Gasteiger charge is -2.25. The number of aryl methyl sites for hydroxylation is 2. The smallest absolute Gasteiger partial charge is 0.416 e. The summed E-state index contributed by atoms with van der Waals surface area (Å²) in [6.45, 7) is 2.59. The highest BCUT2D eigenvalue weighted by atomic mass is 32.2. The highest BCUT2D eigenvalue weighted by Gasteiger charge is 2.33. The van der Waals surface area contributed by atoms with E-state index in [0.717, 1.165) is 17.7 Å². The van der Waals surface area contributed by atoms with Crippen LogP contribution in [0.1, 0.15) is 27.0 Å². The van der Waals surface area contributed by atoms with Gasteiger partial charge in [0.1, 0.15) is 6.54 Å². The van der Waals surface area contributed by atoms with Gasteiger partial charge in [-0.2, -0.15) is 13.2 Å². The molecule has 7 nitrogen and oxygen atoms in total. The lowest BCUT2D eigenvalue weighted by molar-refractivity contribution is -0.137. The molecule has 0 aliphatic rings. The van der Waals surface area contributed by atoms with E-state index in [-0.39, 0.29) is 21.8 Å². The Hall–Kier alpha value is -3.86. The van der Waals surface area contributed by atoms with E-state index >= 15 is 0 Å². The monoisotopic (exact) mass is 520 g/mol. The minimum absolute atomic E-state index is 0.153. The number of anilines is 2. The van der Waals surface area contributed by atoms with Crippen LogP contribution in [-0.4, -0.2) is 33.9 Å². The van der Waals surface area contributed by atoms with Gasteiger partial charge in [-0.3, -0.25) is 9.10 Å². The molecule has 0 saturated heterocycles. The topological polar surface area (TPSA) is 92.8 Å². The summed E-state index contributed by atoms with van der Waals surface area (Å²) < 4.78 is 72.2. The molecule has 0 aromatic heterocycles. The van der Waals surface area contributed by atoms with Crippen molar-refractivity contribution < 1.29 is 35.9 Å². The standard InChI is InChI=1S/C25H23F3N2O5S/c1-16-7-11-21(12-8-16)36(33,34)30(20-6-4-5-19(14-20)25(26,27)28)15-23(31)29-22-13-18(24(32)35-3)10-9-17(22)2/h4-14H,15H2,1-3H3,(H,29,31). The van der Waals surface area contributed by atoms with Gasteiger partial charge in [-0.1, -0.05) is 29.8 Å². The third-order valence-electron chi connectivity index (χ3n) is 5.29. The number of alkyl halides is 3. The Morgan fingerprint density at radius 2 is 1.64 bits per heavy atom. The molecule has 36 heavy (non-hydrogen) atoms. The second-order valence-electron chi connectivity index (χ2n) is 7.94. The molecule has 0 unspecified atom stereocenters. The van der Waals surface area contributed by atoms with Crippen LogP contribution in [0.25, 0.3) is 0 Å². The summed E-state index contributed by atoms with van der Waals surface area (Å²) in [5, 5.41) is 2.53. The first-order valence-electron chi connectivity index (χ1n) is 10.6. The van der Waals surface area contributed by atoms with Crippen molar-refractivity contribution >= 4 is 33.3 Å². The van der Waals surface area contributed by atoms with Gasteiger partial charge < -0.3 is 10.1 Å². The number of benzene rings is 3. The average molecular weight is 521 g/mol. The number of carbonyl (C=O) groups excluding carboxylic acids is 2. The van der Waals surface area contributed by atoms with Crippen LogP contribution in [0.3, 0.4) is 0 Å². The van der Waals surface area contributed by atoms with Crippen molar-refractivity contribution in [3.8, 4) is 0 Å². The van der Waals surface area contributed by atoms with Crippen LogP contribution in [0.2, 0.25) is 0 Å². The third-order valence-corrected chi connectivity index (χ3v) is 7.08. The SMILES string of the molecule is COC(=O)c1ccc(C)c(NC(=O)CN(c2cccc(C(F)(F)F)c2)S(=O)(=O)c2ccc(C)cc2)c1. The number of esters is 1. The third kappa shape index (κ3) is 6.03. The summed E-state index contributed by atoms with van der Waals surface area (Å²) in [4.78, 5) is 24.6. The van der Waals surface area contributed by atoms with Gasteiger partial charge in [0.05, 0.1) is 28.8 Å². The zero-order valence-corrected chi connectivity index (χ0v) is 20.4. The molecule has 0 aliphatic heterocycles. The van der Waals surface area contributed by atoms with E-state index in [4.69, 9.17) is 0 Å². The molecule has 0 heterocycles. The zero-order chi connectivity index (χ0) is 26.7. The van der Waals surface area contributed by atoms with Crippen molar-refractivity contribution in [1.82, 2.24) is 0 Å². The van der Waals surface area contributed by atoms with Crippen LogP contribution in [0, 0.1) is 13.8 Å². The lowest BCUT2D eigenvalue weighted by Crippen LogP contribution is -2.38. The average Bonchev–Trinajstić information content (AvgIpc) is 2.83. The summed E-state index contributed by atoms with van der Waals surface area (Å²) in [5.74, 6) is -1.47. The first kappa shape index (κ1) is 26.7. The van der Waals surface area contributed by atoms with E-state index in [1.54, 1.807) is 32.0 Å². The fraction of sp³-hybridized carbons (Fsp3) is 0.200. The molecule has 1 N–H and O–H groups in total. The Labute approximate surface area is 206 Å². The molecule has 3 rings (SSSR count). The number of sulfonamides is 1. The number of carbonyl (C=O) groups is 2. The van der Waals surface area contributed by atoms with Crippen LogP contribution < -0.4 is 9.62 Å². The predicted octanol–water partition coefficient (Wildman–Crippen LogP) is 4.94. The summed E-state index contributed by atoms with van der Waals surface area (Å²) in [6.07, 6.45) is -4.72. The van der Waals surface area contributed by atoms with Crippen molar-refractivity contribution in [3.63, 3.8) is 0 Å². The maximum atomic E-state index is 13.4. The molecule has 3 aromatic carbocycles. The van der Waals surface area contributed by atoms with E-state index in [1.165, 1.54) is 37.4 Å². The van der Waals surface area contributed by atoms with Crippen molar-refractivity contribution in [2.24, 2.45) is 0 Å². The fourth-order valence-corrected chi connectivity index (χ4v) is 4.72. The zero-order valence-electron chi connectivity index (χ0n) is 19.6. The molecular weight excluding hydrogens is 497 g/mol. The van der Waals surface area contributed by atoms with E-state index < -0.39 is 40.2 Å². The molecule has 0 aliphatic carbocycles. The van der Waals surface area contributed by atoms with Crippen LogP contribution in [0.15, 0.2) is 71.6 Å². The van der Waals surface area contributed by atoms with Gasteiger partial charge in [0, 0.05) is 5.69 Å². The molecule has 11 heteroatoms. The normalized spacial score (nSPS) is 11.6. The molecule has 0 spiro atoms. The summed E-state index contributed by atoms with van der Waals surface area (Å²) in [5.41, 5.74) is 0.327. The fourth-order valence-electron chi connectivity index (χ4n) is 3.31. The maximum absolute atomic E-state index is 13.4. The molecule has 0 saturated carbocycles. The largest absolute Gasteiger partial charge is 0.465 e. The molecule has 190 valence electrons. The van der Waals surface area contributed by atoms with E-state index in [2.05, 4.69) is 10.1 Å². The van der Waals surface area contributed by atoms with Crippen molar-refractivity contribution in [2.45, 2.75) is 24.9 Å². The number of amides is 1. The van der Waals surface area contributed by atoms with Gasteiger partial charge in [-0.25, -0.2) is 13.2 Å². The second kappa shape index (κ2) is 10.4. The Morgan fingerprint density at radius 1 is 0.972 bits per heavy atom. The van der Waals surface area contributed by atoms with Gasteiger partial charge >= 0.3 is 12.1 Å². The Balaban J connectivity index is 2.01. The summed E-state index contributed by atoms with van der Waals surface area (Å²) in [7, 11) is -3.23. The number of nitrogens with one attached hydrogen (secondary N) is 1.